The molecule has 0 bridgehead atoms. The van der Waals surface area contributed by atoms with E-state index in [0.29, 0.717) is 19.4 Å². The van der Waals surface area contributed by atoms with E-state index in [0.717, 1.165) is 36.5 Å². The fourth-order valence-electron chi connectivity index (χ4n) is 3.41. The second-order valence-electron chi connectivity index (χ2n) is 6.59. The van der Waals surface area contributed by atoms with Gasteiger partial charge in [0.2, 0.25) is 5.91 Å². The number of anilines is 1. The van der Waals surface area contributed by atoms with E-state index in [1.165, 1.54) is 11.1 Å². The Labute approximate surface area is 154 Å². The molecular weight excluding hydrogens is 328 g/mol. The Morgan fingerprint density at radius 3 is 2.88 bits per heavy atom. The van der Waals surface area contributed by atoms with E-state index >= 15 is 0 Å². The van der Waals surface area contributed by atoms with Crippen molar-refractivity contribution in [2.45, 2.75) is 25.8 Å². The van der Waals surface area contributed by atoms with Crippen molar-refractivity contribution in [1.82, 2.24) is 4.90 Å². The number of benzene rings is 2. The first kappa shape index (κ1) is 18.4. The Balaban J connectivity index is 1.59. The molecule has 2 N–H and O–H groups in total. The Morgan fingerprint density at radius 2 is 2.08 bits per heavy atom. The van der Waals surface area contributed by atoms with Crippen LogP contribution in [0.4, 0.5) is 5.69 Å². The number of hydrogen-bond donors (Lipinski definition) is 2. The number of carbonyl (C=O) groups excluding carboxylic acids is 1. The predicted molar refractivity (Wildman–Crippen MR) is 102 cm³/mol. The Bertz CT molecular complexity index is 761. The molecule has 5 nitrogen and oxygen atoms in total. The number of ether oxygens (including phenoxy) is 1. The second kappa shape index (κ2) is 8.83. The molecule has 0 saturated carbocycles. The molecule has 0 radical (unpaired) electrons. The molecule has 0 fully saturated rings. The number of methoxy groups -OCH3 is 1. The zero-order valence-electron chi connectivity index (χ0n) is 15.2. The minimum atomic E-state index is -0.00104. The van der Waals surface area contributed by atoms with E-state index in [4.69, 9.17) is 9.84 Å². The van der Waals surface area contributed by atoms with Gasteiger partial charge in [-0.3, -0.25) is 9.69 Å². The van der Waals surface area contributed by atoms with Crippen molar-refractivity contribution in [3.63, 3.8) is 0 Å². The summed E-state index contributed by atoms with van der Waals surface area (Å²) < 4.78 is 5.33. The molecule has 1 heterocycles. The molecule has 5 heteroatoms. The van der Waals surface area contributed by atoms with E-state index in [1.807, 2.05) is 30.3 Å². The van der Waals surface area contributed by atoms with Gasteiger partial charge in [0, 0.05) is 31.7 Å². The van der Waals surface area contributed by atoms with E-state index in [9.17, 15) is 4.79 Å². The van der Waals surface area contributed by atoms with E-state index in [2.05, 4.69) is 22.3 Å². The minimum absolute atomic E-state index is 0.00104. The Kier molecular flexibility index (Phi) is 6.26. The number of carbonyl (C=O) groups is 1. The molecule has 0 atom stereocenters. The molecule has 0 unspecified atom stereocenters. The van der Waals surface area contributed by atoms with Gasteiger partial charge in [0.1, 0.15) is 5.75 Å². The monoisotopic (exact) mass is 354 g/mol. The Morgan fingerprint density at radius 1 is 1.23 bits per heavy atom. The van der Waals surface area contributed by atoms with E-state index in [-0.39, 0.29) is 12.5 Å². The molecule has 0 aromatic heterocycles. The summed E-state index contributed by atoms with van der Waals surface area (Å²) in [6.07, 6.45) is 2.04. The highest BCUT2D eigenvalue weighted by Crippen LogP contribution is 2.23. The highest BCUT2D eigenvalue weighted by atomic mass is 16.5. The van der Waals surface area contributed by atoms with Crippen LogP contribution < -0.4 is 10.1 Å². The molecule has 0 saturated heterocycles. The zero-order valence-corrected chi connectivity index (χ0v) is 15.2. The van der Waals surface area contributed by atoms with Gasteiger partial charge in [0.15, 0.2) is 0 Å². The summed E-state index contributed by atoms with van der Waals surface area (Å²) in [5, 5.41) is 12.1. The third-order valence-corrected chi connectivity index (χ3v) is 4.81. The maximum Gasteiger partial charge on any atom is 0.224 e. The van der Waals surface area contributed by atoms with Gasteiger partial charge in [-0.25, -0.2) is 0 Å². The van der Waals surface area contributed by atoms with Crippen molar-refractivity contribution in [3.05, 3.63) is 59.2 Å². The van der Waals surface area contributed by atoms with Gasteiger partial charge in [-0.15, -0.1) is 0 Å². The molecule has 2 aromatic carbocycles. The smallest absolute Gasteiger partial charge is 0.224 e. The number of aryl methyl sites for hydroxylation is 1. The first-order valence-electron chi connectivity index (χ1n) is 9.06. The first-order chi connectivity index (χ1) is 12.7. The molecule has 2 aromatic rings. The van der Waals surface area contributed by atoms with Crippen molar-refractivity contribution in [2.24, 2.45) is 0 Å². The van der Waals surface area contributed by atoms with Crippen molar-refractivity contribution in [3.8, 4) is 5.75 Å². The molecule has 0 spiro atoms. The average Bonchev–Trinajstić information content (AvgIpc) is 2.66. The van der Waals surface area contributed by atoms with Crippen LogP contribution in [0, 0.1) is 0 Å². The van der Waals surface area contributed by atoms with Gasteiger partial charge in [0.05, 0.1) is 13.7 Å². The van der Waals surface area contributed by atoms with Crippen LogP contribution in [0.25, 0.3) is 0 Å². The van der Waals surface area contributed by atoms with Gasteiger partial charge < -0.3 is 15.2 Å². The summed E-state index contributed by atoms with van der Waals surface area (Å²) in [6, 6.07) is 13.9. The quantitative estimate of drug-likeness (QED) is 0.802. The SMILES string of the molecule is COc1ccccc1CCC(=O)Nc1ccc2c(c1)CN(CCO)CC2. The summed E-state index contributed by atoms with van der Waals surface area (Å²) in [5.41, 5.74) is 4.42. The lowest BCUT2D eigenvalue weighted by molar-refractivity contribution is -0.116. The third-order valence-electron chi connectivity index (χ3n) is 4.81. The number of aliphatic hydroxyl groups excluding tert-OH is 1. The lowest BCUT2D eigenvalue weighted by Crippen LogP contribution is -2.32. The standard InChI is InChI=1S/C21H26N2O3/c1-26-20-5-3-2-4-17(20)7-9-21(25)22-19-8-6-16-10-11-23(12-13-24)15-18(16)14-19/h2-6,8,14,24H,7,9-13,15H2,1H3,(H,22,25). The zero-order chi connectivity index (χ0) is 18.4. The normalized spacial score (nSPS) is 13.9. The highest BCUT2D eigenvalue weighted by Gasteiger charge is 2.16. The topological polar surface area (TPSA) is 61.8 Å². The second-order valence-corrected chi connectivity index (χ2v) is 6.59. The lowest BCUT2D eigenvalue weighted by Gasteiger charge is -2.28. The van der Waals surface area contributed by atoms with Crippen LogP contribution in [0.15, 0.2) is 42.5 Å². The predicted octanol–water partition coefficient (Wildman–Crippen LogP) is 2.62. The lowest BCUT2D eigenvalue weighted by atomic mass is 9.99. The van der Waals surface area contributed by atoms with Crippen LogP contribution in [0.2, 0.25) is 0 Å². The fraction of sp³-hybridized carbons (Fsp3) is 0.381. The van der Waals surface area contributed by atoms with Crippen molar-refractivity contribution >= 4 is 11.6 Å². The van der Waals surface area contributed by atoms with Crippen molar-refractivity contribution in [2.75, 3.05) is 32.1 Å². The minimum Gasteiger partial charge on any atom is -0.496 e. The number of β-amino-alcohol motifs (C(OH)–C–C–N with tert-alkyl or cyclic N) is 1. The third kappa shape index (κ3) is 4.62. The molecule has 0 aliphatic carbocycles. The van der Waals surface area contributed by atoms with E-state index < -0.39 is 0 Å². The van der Waals surface area contributed by atoms with Crippen LogP contribution in [0.5, 0.6) is 5.75 Å². The number of fused-ring (bicyclic) bond motifs is 1. The van der Waals surface area contributed by atoms with Crippen molar-refractivity contribution in [1.29, 1.82) is 0 Å². The van der Waals surface area contributed by atoms with Crippen LogP contribution in [0.3, 0.4) is 0 Å². The number of aliphatic hydroxyl groups is 1. The molecule has 1 aliphatic heterocycles. The molecule has 138 valence electrons. The maximum absolute atomic E-state index is 12.3. The number of hydrogen-bond acceptors (Lipinski definition) is 4. The van der Waals surface area contributed by atoms with Crippen molar-refractivity contribution < 1.29 is 14.6 Å². The van der Waals surface area contributed by atoms with Gasteiger partial charge >= 0.3 is 0 Å². The van der Waals surface area contributed by atoms with Gasteiger partial charge in [-0.2, -0.15) is 0 Å². The Hall–Kier alpha value is -2.37. The molecule has 1 amide bonds. The summed E-state index contributed by atoms with van der Waals surface area (Å²) in [6.45, 7) is 2.66. The summed E-state index contributed by atoms with van der Waals surface area (Å²) >= 11 is 0. The fourth-order valence-corrected chi connectivity index (χ4v) is 3.41. The summed E-state index contributed by atoms with van der Waals surface area (Å²) in [5.74, 6) is 0.817. The largest absolute Gasteiger partial charge is 0.496 e. The van der Waals surface area contributed by atoms with E-state index in [1.54, 1.807) is 7.11 Å². The molecule has 1 aliphatic rings. The van der Waals surface area contributed by atoms with Crippen LogP contribution in [-0.4, -0.2) is 42.7 Å². The average molecular weight is 354 g/mol. The number of nitrogens with one attached hydrogen (secondary N) is 1. The van der Waals surface area contributed by atoms with Gasteiger partial charge in [-0.05, 0) is 47.7 Å². The number of amides is 1. The van der Waals surface area contributed by atoms with Gasteiger partial charge in [-0.1, -0.05) is 24.3 Å². The number of para-hydroxylation sites is 1. The molecular formula is C21H26N2O3. The summed E-state index contributed by atoms with van der Waals surface area (Å²) in [7, 11) is 1.64. The summed E-state index contributed by atoms with van der Waals surface area (Å²) in [4.78, 5) is 14.6. The number of nitrogens with zero attached hydrogens (tertiary/aromatic N) is 1. The van der Waals surface area contributed by atoms with Crippen LogP contribution >= 0.6 is 0 Å². The first-order valence-corrected chi connectivity index (χ1v) is 9.06. The molecule has 3 rings (SSSR count). The highest BCUT2D eigenvalue weighted by molar-refractivity contribution is 5.91. The maximum atomic E-state index is 12.3. The van der Waals surface area contributed by atoms with Crippen LogP contribution in [-0.2, 0) is 24.2 Å². The van der Waals surface area contributed by atoms with Crippen LogP contribution in [0.1, 0.15) is 23.1 Å². The number of rotatable bonds is 7. The van der Waals surface area contributed by atoms with Gasteiger partial charge in [0.25, 0.3) is 0 Å². The molecule has 26 heavy (non-hydrogen) atoms.